The van der Waals surface area contributed by atoms with E-state index in [2.05, 4.69) is 15.5 Å². The molecule has 122 valence electrons. The first kappa shape index (κ1) is 16.7. The summed E-state index contributed by atoms with van der Waals surface area (Å²) in [5.74, 6) is -1.42. The number of amides is 1. The van der Waals surface area contributed by atoms with Crippen molar-refractivity contribution in [1.29, 1.82) is 0 Å². The molecule has 0 aliphatic rings. The predicted molar refractivity (Wildman–Crippen MR) is 86.4 cm³/mol. The van der Waals surface area contributed by atoms with Gasteiger partial charge in [-0.2, -0.15) is 5.10 Å². The van der Waals surface area contributed by atoms with Gasteiger partial charge < -0.3 is 10.4 Å². The fourth-order valence-electron chi connectivity index (χ4n) is 2.42. The number of carboxylic acid groups (broad SMARTS) is 1. The largest absolute Gasteiger partial charge is 0.479 e. The molecule has 0 spiro atoms. The van der Waals surface area contributed by atoms with Crippen LogP contribution in [0, 0.1) is 13.8 Å². The van der Waals surface area contributed by atoms with E-state index in [9.17, 15) is 14.7 Å². The second kappa shape index (κ2) is 6.64. The van der Waals surface area contributed by atoms with Crippen LogP contribution < -0.4 is 5.32 Å². The minimum atomic E-state index is -1.11. The van der Waals surface area contributed by atoms with E-state index in [1.165, 1.54) is 0 Å². The molecule has 2 rings (SSSR count). The minimum Gasteiger partial charge on any atom is -0.479 e. The van der Waals surface area contributed by atoms with Gasteiger partial charge in [0.25, 0.3) is 5.91 Å². The molecule has 1 atom stereocenters. The number of aryl methyl sites for hydroxylation is 2. The molecule has 1 heterocycles. The van der Waals surface area contributed by atoms with Crippen molar-refractivity contribution in [2.45, 2.75) is 39.7 Å². The van der Waals surface area contributed by atoms with Crippen molar-refractivity contribution >= 4 is 11.9 Å². The Morgan fingerprint density at radius 2 is 1.74 bits per heavy atom. The number of rotatable bonds is 5. The van der Waals surface area contributed by atoms with Crippen molar-refractivity contribution in [3.05, 3.63) is 52.3 Å². The number of carboxylic acids is 1. The van der Waals surface area contributed by atoms with Crippen molar-refractivity contribution in [1.82, 2.24) is 15.5 Å². The number of benzene rings is 1. The molecular formula is C17H21N3O3. The van der Waals surface area contributed by atoms with Crippen molar-refractivity contribution in [3.8, 4) is 0 Å². The monoisotopic (exact) mass is 315 g/mol. The molecule has 6 heteroatoms. The fourth-order valence-corrected chi connectivity index (χ4v) is 2.42. The van der Waals surface area contributed by atoms with E-state index in [0.717, 1.165) is 16.8 Å². The summed E-state index contributed by atoms with van der Waals surface area (Å²) in [6.45, 7) is 7.73. The van der Waals surface area contributed by atoms with Crippen molar-refractivity contribution in [2.75, 3.05) is 0 Å². The normalized spacial score (nSPS) is 12.2. The number of nitrogens with zero attached hydrogens (tertiary/aromatic N) is 1. The molecule has 1 aromatic heterocycles. The van der Waals surface area contributed by atoms with E-state index in [1.807, 2.05) is 33.8 Å². The van der Waals surface area contributed by atoms with Crippen LogP contribution in [0.1, 0.15) is 58.7 Å². The highest BCUT2D eigenvalue weighted by Gasteiger charge is 2.24. The quantitative estimate of drug-likeness (QED) is 0.790. The topological polar surface area (TPSA) is 95.1 Å². The van der Waals surface area contributed by atoms with Crippen LogP contribution in [-0.2, 0) is 4.79 Å². The molecule has 0 aliphatic heterocycles. The summed E-state index contributed by atoms with van der Waals surface area (Å²) in [5.41, 5.74) is 3.45. The summed E-state index contributed by atoms with van der Waals surface area (Å²) in [7, 11) is 0. The van der Waals surface area contributed by atoms with E-state index in [-0.39, 0.29) is 11.6 Å². The second-order valence-electron chi connectivity index (χ2n) is 6.03. The molecule has 2 aromatic rings. The zero-order valence-corrected chi connectivity index (χ0v) is 13.7. The first-order chi connectivity index (χ1) is 10.8. The van der Waals surface area contributed by atoms with Gasteiger partial charge in [0.15, 0.2) is 6.04 Å². The lowest BCUT2D eigenvalue weighted by Crippen LogP contribution is -2.34. The highest BCUT2D eigenvalue weighted by Crippen LogP contribution is 2.19. The maximum absolute atomic E-state index is 12.3. The molecule has 3 N–H and O–H groups in total. The maximum atomic E-state index is 12.3. The van der Waals surface area contributed by atoms with Crippen LogP contribution in [-0.4, -0.2) is 27.2 Å². The number of aliphatic carboxylic acids is 1. The molecule has 1 amide bonds. The van der Waals surface area contributed by atoms with Crippen molar-refractivity contribution < 1.29 is 14.7 Å². The number of hydrogen-bond donors (Lipinski definition) is 3. The van der Waals surface area contributed by atoms with Crippen molar-refractivity contribution in [3.63, 3.8) is 0 Å². The van der Waals surface area contributed by atoms with Crippen molar-refractivity contribution in [2.24, 2.45) is 0 Å². The minimum absolute atomic E-state index is 0.185. The van der Waals surface area contributed by atoms with Crippen LogP contribution in [0.2, 0.25) is 0 Å². The molecular weight excluding hydrogens is 294 g/mol. The van der Waals surface area contributed by atoms with E-state index >= 15 is 0 Å². The third-order valence-corrected chi connectivity index (χ3v) is 3.55. The standard InChI is InChI=1S/C17H21N3O3/c1-9(2)13-8-14(20-19-13)16(21)18-15(17(22)23)12-6-10(3)5-11(4)7-12/h5-9,15H,1-4H3,(H,18,21)(H,19,20)(H,22,23). The number of carbonyl (C=O) groups is 2. The molecule has 0 bridgehead atoms. The number of H-pyrrole nitrogens is 1. The van der Waals surface area contributed by atoms with Gasteiger partial charge >= 0.3 is 5.97 Å². The van der Waals surface area contributed by atoms with Crippen LogP contribution in [0.4, 0.5) is 0 Å². The van der Waals surface area contributed by atoms with Crippen LogP contribution in [0.15, 0.2) is 24.3 Å². The number of carbonyl (C=O) groups excluding carboxylic acids is 1. The molecule has 0 saturated carbocycles. The lowest BCUT2D eigenvalue weighted by molar-refractivity contribution is -0.139. The van der Waals surface area contributed by atoms with Gasteiger partial charge in [-0.25, -0.2) is 4.79 Å². The average Bonchev–Trinajstić information content (AvgIpc) is 2.93. The van der Waals surface area contributed by atoms with Crippen LogP contribution in [0.3, 0.4) is 0 Å². The Bertz CT molecular complexity index is 714. The molecule has 1 unspecified atom stereocenters. The van der Waals surface area contributed by atoms with Gasteiger partial charge in [-0.1, -0.05) is 43.2 Å². The zero-order valence-electron chi connectivity index (χ0n) is 13.7. The van der Waals surface area contributed by atoms with Gasteiger partial charge in [0.05, 0.1) is 0 Å². The summed E-state index contributed by atoms with van der Waals surface area (Å²) in [5, 5.41) is 18.7. The Kier molecular flexibility index (Phi) is 4.83. The van der Waals surface area contributed by atoms with Gasteiger partial charge in [-0.3, -0.25) is 9.89 Å². The number of aromatic nitrogens is 2. The smallest absolute Gasteiger partial charge is 0.330 e. The molecule has 6 nitrogen and oxygen atoms in total. The summed E-state index contributed by atoms with van der Waals surface area (Å²) < 4.78 is 0. The summed E-state index contributed by atoms with van der Waals surface area (Å²) in [6.07, 6.45) is 0. The summed E-state index contributed by atoms with van der Waals surface area (Å²) in [6, 6.07) is 6.00. The highest BCUT2D eigenvalue weighted by molar-refractivity contribution is 5.95. The molecule has 0 fully saturated rings. The second-order valence-corrected chi connectivity index (χ2v) is 6.03. The Morgan fingerprint density at radius 3 is 2.22 bits per heavy atom. The molecule has 23 heavy (non-hydrogen) atoms. The Labute approximate surface area is 134 Å². The van der Waals surface area contributed by atoms with Gasteiger partial charge in [0.2, 0.25) is 0 Å². The number of aromatic amines is 1. The number of hydrogen-bond acceptors (Lipinski definition) is 3. The zero-order chi connectivity index (χ0) is 17.1. The van der Waals surface area contributed by atoms with E-state index < -0.39 is 17.9 Å². The van der Waals surface area contributed by atoms with Gasteiger partial charge in [-0.05, 0) is 31.4 Å². The van der Waals surface area contributed by atoms with Crippen LogP contribution in [0.25, 0.3) is 0 Å². The highest BCUT2D eigenvalue weighted by atomic mass is 16.4. The van der Waals surface area contributed by atoms with Crippen LogP contribution >= 0.6 is 0 Å². The first-order valence-electron chi connectivity index (χ1n) is 7.45. The van der Waals surface area contributed by atoms with E-state index in [4.69, 9.17) is 0 Å². The van der Waals surface area contributed by atoms with Gasteiger partial charge in [0, 0.05) is 5.69 Å². The molecule has 0 saturated heterocycles. The molecule has 0 aliphatic carbocycles. The fraction of sp³-hybridized carbons (Fsp3) is 0.353. The SMILES string of the molecule is Cc1cc(C)cc(C(NC(=O)c2cc(C(C)C)[nH]n2)C(=O)O)c1. The van der Waals surface area contributed by atoms with Crippen LogP contribution in [0.5, 0.6) is 0 Å². The van der Waals surface area contributed by atoms with Gasteiger partial charge in [0.1, 0.15) is 5.69 Å². The van der Waals surface area contributed by atoms with E-state index in [1.54, 1.807) is 18.2 Å². The molecule has 1 aromatic carbocycles. The maximum Gasteiger partial charge on any atom is 0.330 e. The summed E-state index contributed by atoms with van der Waals surface area (Å²) in [4.78, 5) is 23.8. The Hall–Kier alpha value is -2.63. The summed E-state index contributed by atoms with van der Waals surface area (Å²) >= 11 is 0. The average molecular weight is 315 g/mol. The third kappa shape index (κ3) is 3.97. The Balaban J connectivity index is 2.25. The van der Waals surface area contributed by atoms with E-state index in [0.29, 0.717) is 5.56 Å². The third-order valence-electron chi connectivity index (χ3n) is 3.55. The Morgan fingerprint density at radius 1 is 1.13 bits per heavy atom. The number of nitrogens with one attached hydrogen (secondary N) is 2. The predicted octanol–water partition coefficient (Wildman–Crippen LogP) is 2.71. The first-order valence-corrected chi connectivity index (χ1v) is 7.45. The lowest BCUT2D eigenvalue weighted by atomic mass is 10.0. The van der Waals surface area contributed by atoms with Gasteiger partial charge in [-0.15, -0.1) is 0 Å². The molecule has 0 radical (unpaired) electrons. The lowest BCUT2D eigenvalue weighted by Gasteiger charge is -2.15.